The lowest BCUT2D eigenvalue weighted by molar-refractivity contribution is -0.144. The Labute approximate surface area is 446 Å². The van der Waals surface area contributed by atoms with Crippen LogP contribution in [0.15, 0.2) is 45.2 Å². The summed E-state index contributed by atoms with van der Waals surface area (Å²) >= 11 is 13.5. The van der Waals surface area contributed by atoms with E-state index in [9.17, 15) is 43.5 Å². The van der Waals surface area contributed by atoms with E-state index in [1.54, 1.807) is 52.0 Å². The molecule has 0 aliphatic carbocycles. The first-order valence-corrected chi connectivity index (χ1v) is 27.1. The number of hydrogen-bond acceptors (Lipinski definition) is 15. The average Bonchev–Trinajstić information content (AvgIpc) is 4.09. The number of carbonyl (C=O) groups is 8. The molecule has 73 heavy (non-hydrogen) atoms. The Morgan fingerprint density at radius 3 is 2.32 bits per heavy atom. The molecule has 3 aliphatic rings. The van der Waals surface area contributed by atoms with Crippen LogP contribution in [0.1, 0.15) is 77.7 Å². The number of rotatable bonds is 8. The van der Waals surface area contributed by atoms with Crippen molar-refractivity contribution in [1.82, 2.24) is 51.6 Å². The van der Waals surface area contributed by atoms with Crippen molar-refractivity contribution in [3.8, 4) is 5.00 Å². The van der Waals surface area contributed by atoms with Crippen LogP contribution in [0.25, 0.3) is 5.00 Å². The smallest absolute Gasteiger partial charge is 0.246 e. The number of aromatic nitrogens is 3. The third kappa shape index (κ3) is 13.2. The minimum absolute atomic E-state index is 0.0296. The van der Waals surface area contributed by atoms with Crippen LogP contribution >= 0.6 is 62.0 Å². The van der Waals surface area contributed by atoms with Crippen LogP contribution in [-0.2, 0) is 44.8 Å². The predicted octanol–water partition coefficient (Wildman–Crippen LogP) is 1.67. The summed E-state index contributed by atoms with van der Waals surface area (Å²) in [7, 11) is 0. The Morgan fingerprint density at radius 2 is 1.64 bits per heavy atom. The molecule has 4 aromatic rings. The number of aliphatic hydroxyl groups is 1. The Hall–Kier alpha value is -5.73. The molecule has 0 spiro atoms. The van der Waals surface area contributed by atoms with E-state index in [1.165, 1.54) is 27.6 Å². The first-order valence-electron chi connectivity index (χ1n) is 23.2. The van der Waals surface area contributed by atoms with E-state index in [2.05, 4.69) is 58.0 Å². The molecule has 2 saturated heterocycles. The second-order valence-corrected chi connectivity index (χ2v) is 24.2. The number of nitrogens with two attached hydrogens (primary N) is 1. The molecule has 8 amide bonds. The number of thiophene rings is 2. The molecule has 0 unspecified atom stereocenters. The minimum Gasteiger partial charge on any atom is -0.391 e. The van der Waals surface area contributed by atoms with E-state index in [0.717, 1.165) is 42.1 Å². The monoisotopic (exact) mass is 1140 g/mol. The van der Waals surface area contributed by atoms with Crippen LogP contribution in [0.5, 0.6) is 0 Å². The van der Waals surface area contributed by atoms with Gasteiger partial charge in [-0.3, -0.25) is 47.9 Å². The highest BCUT2D eigenvalue weighted by atomic mass is 79.9. The molecule has 3 aromatic heterocycles. The van der Waals surface area contributed by atoms with Crippen LogP contribution in [0.4, 0.5) is 0 Å². The largest absolute Gasteiger partial charge is 0.391 e. The third-order valence-electron chi connectivity index (χ3n) is 12.4. The van der Waals surface area contributed by atoms with Crippen molar-refractivity contribution in [3.63, 3.8) is 0 Å². The average molecular weight is 1140 g/mol. The number of benzene rings is 1. The second kappa shape index (κ2) is 23.2. The number of carbonyl (C=O) groups excluding carboxylic acids is 8. The topological polar surface area (TPSA) is 301 Å². The van der Waals surface area contributed by atoms with Gasteiger partial charge in [-0.1, -0.05) is 44.5 Å². The van der Waals surface area contributed by atoms with Crippen molar-refractivity contribution in [2.75, 3.05) is 31.1 Å². The molecule has 6 heterocycles. The van der Waals surface area contributed by atoms with Gasteiger partial charge in [0.15, 0.2) is 5.82 Å². The third-order valence-corrected chi connectivity index (χ3v) is 16.6. The first-order chi connectivity index (χ1) is 34.5. The fourth-order valence-corrected chi connectivity index (χ4v) is 12.3. The number of amides is 8. The highest BCUT2D eigenvalue weighted by Gasteiger charge is 2.45. The van der Waals surface area contributed by atoms with Gasteiger partial charge in [-0.2, -0.15) is 0 Å². The maximum absolute atomic E-state index is 14.2. The Bertz CT molecular complexity index is 2850. The molecular weight excluding hydrogens is 1090 g/mol. The van der Waals surface area contributed by atoms with E-state index in [0.29, 0.717) is 27.3 Å². The fraction of sp³-hybridized carbons (Fsp3) is 0.468. The van der Waals surface area contributed by atoms with E-state index >= 15 is 0 Å². The molecule has 0 radical (unpaired) electrons. The molecular formula is C47H56BrClN12O9S3. The van der Waals surface area contributed by atoms with Crippen molar-refractivity contribution >= 4 is 115 Å². The zero-order valence-electron chi connectivity index (χ0n) is 40.7. The fourth-order valence-electron chi connectivity index (χ4n) is 8.54. The number of thioether (sulfide) groups is 1. The van der Waals surface area contributed by atoms with Crippen LogP contribution in [-0.4, -0.2) is 145 Å². The summed E-state index contributed by atoms with van der Waals surface area (Å²) in [5.41, 5.74) is 8.03. The molecule has 0 saturated carbocycles. The number of aryl methyl sites for hydroxylation is 2. The number of halogens is 2. The summed E-state index contributed by atoms with van der Waals surface area (Å²) in [5, 5.41) is 36.6. The summed E-state index contributed by atoms with van der Waals surface area (Å²) in [6.45, 7) is 9.52. The van der Waals surface area contributed by atoms with Gasteiger partial charge in [-0.15, -0.1) is 44.6 Å². The predicted molar refractivity (Wildman–Crippen MR) is 279 cm³/mol. The van der Waals surface area contributed by atoms with Gasteiger partial charge in [-0.25, -0.2) is 0 Å². The first kappa shape index (κ1) is 55.0. The summed E-state index contributed by atoms with van der Waals surface area (Å²) in [4.78, 5) is 118. The van der Waals surface area contributed by atoms with Gasteiger partial charge in [0.1, 0.15) is 47.1 Å². The lowest BCUT2D eigenvalue weighted by atomic mass is 9.85. The van der Waals surface area contributed by atoms with E-state index < -0.39 is 108 Å². The second-order valence-electron chi connectivity index (χ2n) is 19.0. The van der Waals surface area contributed by atoms with E-state index in [4.69, 9.17) is 22.3 Å². The Morgan fingerprint density at radius 1 is 0.918 bits per heavy atom. The Balaban J connectivity index is 1.15. The summed E-state index contributed by atoms with van der Waals surface area (Å²) in [6, 6.07) is 3.16. The van der Waals surface area contributed by atoms with Gasteiger partial charge in [0.25, 0.3) is 0 Å². The number of nitrogens with zero attached hydrogens (tertiary/aromatic N) is 5. The van der Waals surface area contributed by atoms with Crippen molar-refractivity contribution in [1.29, 1.82) is 0 Å². The SMILES string of the molecule is Cc1sc2c(c1C)C(c1ccc(Cl)cc1)=N[C@@H](CC(=O)NC[C@H]1NC(=O)CNC(=O)[C@H](Cc3ccc(Br)s3)NC(=O)[C@@H]3C[C@@H](O)CN3C(=O)[C@H](C(C)(C)C)NC(=O)CSC[C@H](C(N)=O)NC1=O)c1nnc(C)n1-2. The number of hydrogen-bond donors (Lipinski definition) is 8. The summed E-state index contributed by atoms with van der Waals surface area (Å²) in [6.07, 6.45) is -1.55. The molecule has 9 N–H and O–H groups in total. The lowest BCUT2D eigenvalue weighted by Crippen LogP contribution is -2.59. The van der Waals surface area contributed by atoms with E-state index in [1.807, 2.05) is 30.5 Å². The molecule has 0 bridgehead atoms. The Kier molecular flexibility index (Phi) is 17.5. The molecule has 390 valence electrons. The van der Waals surface area contributed by atoms with Crippen LogP contribution in [0.2, 0.25) is 5.02 Å². The van der Waals surface area contributed by atoms with Gasteiger partial charge < -0.3 is 47.6 Å². The van der Waals surface area contributed by atoms with Crippen molar-refractivity contribution in [2.24, 2.45) is 16.1 Å². The van der Waals surface area contributed by atoms with Crippen LogP contribution in [0.3, 0.4) is 0 Å². The zero-order valence-corrected chi connectivity index (χ0v) is 45.5. The van der Waals surface area contributed by atoms with Crippen molar-refractivity contribution < 1.29 is 43.5 Å². The van der Waals surface area contributed by atoms with Crippen LogP contribution < -0.4 is 37.6 Å². The van der Waals surface area contributed by atoms with Gasteiger partial charge >= 0.3 is 0 Å². The maximum atomic E-state index is 14.2. The van der Waals surface area contributed by atoms with E-state index in [-0.39, 0.29) is 37.3 Å². The van der Waals surface area contributed by atoms with Gasteiger partial charge in [0.05, 0.1) is 34.3 Å². The minimum atomic E-state index is -1.55. The molecule has 7 rings (SSSR count). The standard InChI is InChI=1S/C47H56BrClN12O9S3/c1-21-22(2)72-46-37(21)38(24-7-9-25(49)10-8-24)54-28(41-59-58-23(3)61(41)46)15-34(63)51-16-30-43(68)56-31(40(50)66)19-71-20-36(65)57-39(47(4,5)6)45(70)60-18-26(62)13-32(60)44(69)55-29(14-27-11-12-33(48)73-27)42(67)52-17-35(64)53-30/h7-12,26,28-32,39,62H,13-20H2,1-6H3,(H2,50,66)(H,51,63)(H,52,67)(H,53,64)(H,55,69)(H,56,68)(H,57,65)/t26-,28+,29+,30-,31-,32+,39-/m1/s1. The highest BCUT2D eigenvalue weighted by molar-refractivity contribution is 9.11. The zero-order chi connectivity index (χ0) is 53.1. The maximum Gasteiger partial charge on any atom is 0.246 e. The molecule has 21 nitrogen and oxygen atoms in total. The highest BCUT2D eigenvalue weighted by Crippen LogP contribution is 2.40. The number of aliphatic imine (C=N–C) groups is 1. The van der Waals surface area contributed by atoms with Gasteiger partial charge in [0, 0.05) is 57.6 Å². The molecule has 3 aliphatic heterocycles. The van der Waals surface area contributed by atoms with Crippen LogP contribution in [0, 0.1) is 26.2 Å². The summed E-state index contributed by atoms with van der Waals surface area (Å²) < 4.78 is 2.63. The lowest BCUT2D eigenvalue weighted by Gasteiger charge is -2.35. The van der Waals surface area contributed by atoms with Crippen molar-refractivity contribution in [3.05, 3.63) is 83.3 Å². The van der Waals surface area contributed by atoms with Gasteiger partial charge in [-0.05, 0) is 71.9 Å². The molecule has 2 fully saturated rings. The number of aliphatic hydroxyl groups excluding tert-OH is 1. The molecule has 7 atom stereocenters. The molecule has 1 aromatic carbocycles. The number of fused-ring (bicyclic) bond motifs is 4. The van der Waals surface area contributed by atoms with Crippen molar-refractivity contribution in [2.45, 2.75) is 103 Å². The quantitative estimate of drug-likeness (QED) is 0.125. The molecule has 26 heteroatoms. The number of primary amides is 1. The summed E-state index contributed by atoms with van der Waals surface area (Å²) in [5.74, 6) is -5.71. The normalized spacial score (nSPS) is 23.8. The number of nitrogens with one attached hydrogen (secondary N) is 6. The van der Waals surface area contributed by atoms with Gasteiger partial charge in [0.2, 0.25) is 47.3 Å².